The molecule has 0 aromatic heterocycles. The maximum Gasteiger partial charge on any atom is 0.256 e. The summed E-state index contributed by atoms with van der Waals surface area (Å²) in [6.07, 6.45) is 1.78. The molecule has 18 heavy (non-hydrogen) atoms. The first-order valence-corrected chi connectivity index (χ1v) is 5.84. The molecule has 1 heterocycles. The van der Waals surface area contributed by atoms with Crippen molar-refractivity contribution >= 4 is 11.8 Å². The average molecular weight is 245 g/mol. The predicted molar refractivity (Wildman–Crippen MR) is 66.6 cm³/mol. The number of carbonyl (C=O) groups excluding carboxylic acids is 2. The van der Waals surface area contributed by atoms with Gasteiger partial charge in [0.05, 0.1) is 12.6 Å². The molecule has 1 aliphatic heterocycles. The van der Waals surface area contributed by atoms with Crippen LogP contribution in [0.4, 0.5) is 0 Å². The first-order valence-electron chi connectivity index (χ1n) is 5.84. The van der Waals surface area contributed by atoms with Crippen LogP contribution >= 0.6 is 0 Å². The largest absolute Gasteiger partial charge is 0.394 e. The van der Waals surface area contributed by atoms with E-state index in [4.69, 9.17) is 0 Å². The number of benzene rings is 1. The molecule has 1 N–H and O–H groups in total. The fourth-order valence-corrected chi connectivity index (χ4v) is 2.08. The van der Waals surface area contributed by atoms with Crippen LogP contribution in [0.3, 0.4) is 0 Å². The van der Waals surface area contributed by atoms with Crippen molar-refractivity contribution in [1.82, 2.24) is 4.90 Å². The summed E-state index contributed by atoms with van der Waals surface area (Å²) in [5, 5.41) is 9.40. The van der Waals surface area contributed by atoms with Gasteiger partial charge in [-0.3, -0.25) is 14.5 Å². The maximum absolute atomic E-state index is 11.8. The van der Waals surface area contributed by atoms with E-state index in [1.54, 1.807) is 6.92 Å². The van der Waals surface area contributed by atoms with Crippen molar-refractivity contribution in [2.45, 2.75) is 19.4 Å². The van der Waals surface area contributed by atoms with Crippen LogP contribution in [-0.4, -0.2) is 34.5 Å². The van der Waals surface area contributed by atoms with Crippen molar-refractivity contribution in [3.63, 3.8) is 0 Å². The molecule has 0 spiro atoms. The van der Waals surface area contributed by atoms with Gasteiger partial charge in [0.25, 0.3) is 11.8 Å². The smallest absolute Gasteiger partial charge is 0.256 e. The molecule has 4 nitrogen and oxygen atoms in total. The van der Waals surface area contributed by atoms with Gasteiger partial charge in [-0.15, -0.1) is 0 Å². The first-order chi connectivity index (χ1) is 8.63. The van der Waals surface area contributed by atoms with Crippen LogP contribution in [0.2, 0.25) is 0 Å². The van der Waals surface area contributed by atoms with E-state index in [-0.39, 0.29) is 18.4 Å². The number of carbonyl (C=O) groups is 2. The van der Waals surface area contributed by atoms with E-state index >= 15 is 0 Å². The summed E-state index contributed by atoms with van der Waals surface area (Å²) in [5.74, 6) is -0.650. The summed E-state index contributed by atoms with van der Waals surface area (Å²) >= 11 is 0. The summed E-state index contributed by atoms with van der Waals surface area (Å²) in [4.78, 5) is 24.7. The van der Waals surface area contributed by atoms with E-state index in [9.17, 15) is 14.7 Å². The number of aliphatic hydroxyl groups is 1. The van der Waals surface area contributed by atoms with Crippen LogP contribution in [0.1, 0.15) is 12.5 Å². The lowest BCUT2D eigenvalue weighted by atomic mass is 10.1. The van der Waals surface area contributed by atoms with E-state index in [1.165, 1.54) is 6.08 Å². The van der Waals surface area contributed by atoms with Gasteiger partial charge < -0.3 is 5.11 Å². The highest BCUT2D eigenvalue weighted by Crippen LogP contribution is 2.18. The normalized spacial score (nSPS) is 17.0. The van der Waals surface area contributed by atoms with E-state index in [2.05, 4.69) is 0 Å². The number of amides is 2. The van der Waals surface area contributed by atoms with Crippen LogP contribution in [0, 0.1) is 0 Å². The first kappa shape index (κ1) is 12.5. The molecule has 2 rings (SSSR count). The molecule has 0 radical (unpaired) electrons. The van der Waals surface area contributed by atoms with Crippen molar-refractivity contribution in [2.24, 2.45) is 0 Å². The van der Waals surface area contributed by atoms with Gasteiger partial charge in [-0.1, -0.05) is 30.3 Å². The zero-order valence-electron chi connectivity index (χ0n) is 10.2. The summed E-state index contributed by atoms with van der Waals surface area (Å²) in [7, 11) is 0. The second-order valence-electron chi connectivity index (χ2n) is 4.37. The summed E-state index contributed by atoms with van der Waals surface area (Å²) in [6.45, 7) is 1.38. The van der Waals surface area contributed by atoms with Crippen molar-refractivity contribution in [3.8, 4) is 0 Å². The molecule has 0 aliphatic carbocycles. The molecule has 0 saturated heterocycles. The monoisotopic (exact) mass is 245 g/mol. The lowest BCUT2D eigenvalue weighted by Crippen LogP contribution is -2.44. The van der Waals surface area contributed by atoms with Gasteiger partial charge in [-0.05, 0) is 18.9 Å². The molecule has 0 fully saturated rings. The van der Waals surface area contributed by atoms with Crippen LogP contribution in [0.5, 0.6) is 0 Å². The Balaban J connectivity index is 2.16. The lowest BCUT2D eigenvalue weighted by Gasteiger charge is -2.24. The fraction of sp³-hybridized carbons (Fsp3) is 0.286. The molecule has 1 aliphatic rings. The molecule has 1 aromatic rings. The van der Waals surface area contributed by atoms with Crippen molar-refractivity contribution in [3.05, 3.63) is 47.5 Å². The number of imide groups is 1. The van der Waals surface area contributed by atoms with Crippen molar-refractivity contribution < 1.29 is 14.7 Å². The number of nitrogens with zero attached hydrogens (tertiary/aromatic N) is 1. The second-order valence-corrected chi connectivity index (χ2v) is 4.37. The minimum Gasteiger partial charge on any atom is -0.394 e. The highest BCUT2D eigenvalue weighted by atomic mass is 16.3. The molecule has 1 unspecified atom stereocenters. The van der Waals surface area contributed by atoms with Gasteiger partial charge in [0.15, 0.2) is 0 Å². The standard InChI is InChI=1S/C14H15NO3/c1-10-7-13(17)15(14(10)18)12(9-16)8-11-5-3-2-4-6-11/h2-7,12,16H,8-9H2,1H3. The lowest BCUT2D eigenvalue weighted by molar-refractivity contribution is -0.140. The highest BCUT2D eigenvalue weighted by molar-refractivity contribution is 6.16. The van der Waals surface area contributed by atoms with Crippen molar-refractivity contribution in [2.75, 3.05) is 6.61 Å². The van der Waals surface area contributed by atoms with Crippen LogP contribution in [-0.2, 0) is 16.0 Å². The molecule has 94 valence electrons. The number of rotatable bonds is 4. The minimum absolute atomic E-state index is 0.229. The molecule has 0 saturated carbocycles. The number of hydrogen-bond donors (Lipinski definition) is 1. The van der Waals surface area contributed by atoms with Gasteiger partial charge in [0.2, 0.25) is 0 Å². The van der Waals surface area contributed by atoms with Gasteiger partial charge >= 0.3 is 0 Å². The predicted octanol–water partition coefficient (Wildman–Crippen LogP) is 0.905. The maximum atomic E-state index is 11.8. The Morgan fingerprint density at radius 1 is 1.22 bits per heavy atom. The van der Waals surface area contributed by atoms with Crippen LogP contribution in [0.15, 0.2) is 42.0 Å². The molecule has 0 bridgehead atoms. The molecular weight excluding hydrogens is 230 g/mol. The SMILES string of the molecule is CC1=CC(=O)N(C(CO)Cc2ccccc2)C1=O. The Morgan fingerprint density at radius 2 is 1.89 bits per heavy atom. The fourth-order valence-electron chi connectivity index (χ4n) is 2.08. The third-order valence-electron chi connectivity index (χ3n) is 3.02. The zero-order chi connectivity index (χ0) is 13.1. The molecule has 1 aromatic carbocycles. The molecule has 1 atom stereocenters. The van der Waals surface area contributed by atoms with Gasteiger partial charge in [0, 0.05) is 11.6 Å². The number of hydrogen-bond acceptors (Lipinski definition) is 3. The van der Waals surface area contributed by atoms with Gasteiger partial charge in [0.1, 0.15) is 0 Å². The molecule has 4 heteroatoms. The Kier molecular flexibility index (Phi) is 3.58. The summed E-state index contributed by atoms with van der Waals surface area (Å²) in [6, 6.07) is 9.00. The van der Waals surface area contributed by atoms with E-state index in [0.29, 0.717) is 12.0 Å². The van der Waals surface area contributed by atoms with E-state index in [0.717, 1.165) is 10.5 Å². The molecular formula is C14H15NO3. The summed E-state index contributed by atoms with van der Waals surface area (Å²) < 4.78 is 0. The Bertz CT molecular complexity index is 493. The highest BCUT2D eigenvalue weighted by Gasteiger charge is 2.34. The van der Waals surface area contributed by atoms with Gasteiger partial charge in [-0.2, -0.15) is 0 Å². The third-order valence-corrected chi connectivity index (χ3v) is 3.02. The van der Waals surface area contributed by atoms with Crippen molar-refractivity contribution in [1.29, 1.82) is 0 Å². The quantitative estimate of drug-likeness (QED) is 0.802. The average Bonchev–Trinajstić information content (AvgIpc) is 2.62. The van der Waals surface area contributed by atoms with Crippen LogP contribution in [0.25, 0.3) is 0 Å². The Hall–Kier alpha value is -1.94. The second kappa shape index (κ2) is 5.14. The Labute approximate surface area is 106 Å². The van der Waals surface area contributed by atoms with Crippen LogP contribution < -0.4 is 0 Å². The van der Waals surface area contributed by atoms with Gasteiger partial charge in [-0.25, -0.2) is 0 Å². The summed E-state index contributed by atoms with van der Waals surface area (Å²) in [5.41, 5.74) is 1.41. The minimum atomic E-state index is -0.499. The van der Waals surface area contributed by atoms with E-state index < -0.39 is 6.04 Å². The zero-order valence-corrected chi connectivity index (χ0v) is 10.2. The third kappa shape index (κ3) is 2.33. The van der Waals surface area contributed by atoms with E-state index in [1.807, 2.05) is 30.3 Å². The molecule has 2 amide bonds. The topological polar surface area (TPSA) is 57.6 Å². The number of aliphatic hydroxyl groups excluding tert-OH is 1. The Morgan fingerprint density at radius 3 is 2.39 bits per heavy atom.